The highest BCUT2D eigenvalue weighted by molar-refractivity contribution is 5.79. The van der Waals surface area contributed by atoms with E-state index in [0.717, 1.165) is 23.1 Å². The molecule has 1 heterocycles. The fraction of sp³-hybridized carbons (Fsp3) is 0.474. The Kier molecular flexibility index (Phi) is 5.51. The maximum Gasteiger partial charge on any atom is 0.226 e. The average molecular weight is 326 g/mol. The SMILES string of the molecule is CN=C(NCc1coc(-c2ccccc2)n1)NC1CCCC(C)C1. The number of aliphatic imine (C=N–C) groups is 1. The van der Waals surface area contributed by atoms with E-state index in [1.165, 1.54) is 25.7 Å². The highest BCUT2D eigenvalue weighted by Crippen LogP contribution is 2.23. The van der Waals surface area contributed by atoms with Crippen LogP contribution in [0.1, 0.15) is 38.3 Å². The molecule has 5 nitrogen and oxygen atoms in total. The Morgan fingerprint density at radius 1 is 1.29 bits per heavy atom. The lowest BCUT2D eigenvalue weighted by atomic mass is 9.87. The second kappa shape index (κ2) is 7.99. The summed E-state index contributed by atoms with van der Waals surface area (Å²) in [4.78, 5) is 8.86. The molecule has 0 radical (unpaired) electrons. The third kappa shape index (κ3) is 4.37. The van der Waals surface area contributed by atoms with Gasteiger partial charge in [-0.3, -0.25) is 4.99 Å². The summed E-state index contributed by atoms with van der Waals surface area (Å²) in [5.74, 6) is 2.27. The zero-order chi connectivity index (χ0) is 16.8. The van der Waals surface area contributed by atoms with Crippen molar-refractivity contribution in [2.24, 2.45) is 10.9 Å². The molecule has 2 aromatic rings. The molecule has 0 bridgehead atoms. The maximum atomic E-state index is 5.57. The third-order valence-electron chi connectivity index (χ3n) is 4.51. The van der Waals surface area contributed by atoms with Crippen molar-refractivity contribution in [1.82, 2.24) is 15.6 Å². The van der Waals surface area contributed by atoms with E-state index in [2.05, 4.69) is 27.5 Å². The normalized spacial score (nSPS) is 21.5. The van der Waals surface area contributed by atoms with Gasteiger partial charge in [0.2, 0.25) is 5.89 Å². The zero-order valence-corrected chi connectivity index (χ0v) is 14.5. The van der Waals surface area contributed by atoms with Gasteiger partial charge in [0, 0.05) is 18.7 Å². The van der Waals surface area contributed by atoms with Crippen molar-refractivity contribution in [1.29, 1.82) is 0 Å². The molecular formula is C19H26N4O. The van der Waals surface area contributed by atoms with Gasteiger partial charge < -0.3 is 15.1 Å². The van der Waals surface area contributed by atoms with E-state index in [4.69, 9.17) is 4.42 Å². The van der Waals surface area contributed by atoms with E-state index in [1.807, 2.05) is 30.3 Å². The van der Waals surface area contributed by atoms with Crippen LogP contribution in [0.4, 0.5) is 0 Å². The summed E-state index contributed by atoms with van der Waals surface area (Å²) < 4.78 is 5.57. The molecule has 0 saturated heterocycles. The first kappa shape index (κ1) is 16.6. The standard InChI is InChI=1S/C19H26N4O/c1-14-7-6-10-16(11-14)23-19(20-2)21-12-17-13-24-18(22-17)15-8-4-3-5-9-15/h3-5,8-9,13-14,16H,6-7,10-12H2,1-2H3,(H2,20,21,23). The number of rotatable bonds is 4. The zero-order valence-electron chi connectivity index (χ0n) is 14.5. The number of benzene rings is 1. The largest absolute Gasteiger partial charge is 0.444 e. The van der Waals surface area contributed by atoms with Gasteiger partial charge in [-0.15, -0.1) is 0 Å². The fourth-order valence-electron chi connectivity index (χ4n) is 3.23. The quantitative estimate of drug-likeness (QED) is 0.666. The lowest BCUT2D eigenvalue weighted by molar-refractivity contribution is 0.324. The molecule has 24 heavy (non-hydrogen) atoms. The van der Waals surface area contributed by atoms with Crippen LogP contribution in [-0.4, -0.2) is 24.0 Å². The lowest BCUT2D eigenvalue weighted by Crippen LogP contribution is -2.44. The minimum atomic E-state index is 0.511. The summed E-state index contributed by atoms with van der Waals surface area (Å²) in [6, 6.07) is 10.4. The first-order valence-electron chi connectivity index (χ1n) is 8.71. The summed E-state index contributed by atoms with van der Waals surface area (Å²) in [5.41, 5.74) is 1.86. The topological polar surface area (TPSA) is 62.5 Å². The molecule has 0 aliphatic heterocycles. The van der Waals surface area contributed by atoms with Crippen LogP contribution in [0.3, 0.4) is 0 Å². The molecule has 2 atom stereocenters. The predicted octanol–water partition coefficient (Wildman–Crippen LogP) is 3.59. The Bertz CT molecular complexity index is 665. The van der Waals surface area contributed by atoms with E-state index >= 15 is 0 Å². The maximum absolute atomic E-state index is 5.57. The highest BCUT2D eigenvalue weighted by Gasteiger charge is 2.19. The Morgan fingerprint density at radius 2 is 2.12 bits per heavy atom. The number of hydrogen-bond acceptors (Lipinski definition) is 3. The van der Waals surface area contributed by atoms with Gasteiger partial charge in [-0.05, 0) is 30.9 Å². The van der Waals surface area contributed by atoms with Crippen molar-refractivity contribution < 1.29 is 4.42 Å². The van der Waals surface area contributed by atoms with Crippen molar-refractivity contribution in [3.63, 3.8) is 0 Å². The van der Waals surface area contributed by atoms with Crippen LogP contribution in [0.2, 0.25) is 0 Å². The molecule has 2 unspecified atom stereocenters. The van der Waals surface area contributed by atoms with Gasteiger partial charge >= 0.3 is 0 Å². The van der Waals surface area contributed by atoms with Crippen LogP contribution < -0.4 is 10.6 Å². The Morgan fingerprint density at radius 3 is 2.88 bits per heavy atom. The number of nitrogens with zero attached hydrogens (tertiary/aromatic N) is 2. The number of aromatic nitrogens is 1. The summed E-state index contributed by atoms with van der Waals surface area (Å²) in [5, 5.41) is 6.85. The molecular weight excluding hydrogens is 300 g/mol. The molecule has 128 valence electrons. The Balaban J connectivity index is 1.53. The van der Waals surface area contributed by atoms with Crippen LogP contribution in [0, 0.1) is 5.92 Å². The molecule has 2 N–H and O–H groups in total. The van der Waals surface area contributed by atoms with Crippen molar-refractivity contribution in [2.45, 2.75) is 45.2 Å². The van der Waals surface area contributed by atoms with Gasteiger partial charge in [0.1, 0.15) is 6.26 Å². The Labute approximate surface area is 143 Å². The van der Waals surface area contributed by atoms with Gasteiger partial charge in [0.25, 0.3) is 0 Å². The second-order valence-electron chi connectivity index (χ2n) is 6.55. The summed E-state index contributed by atoms with van der Waals surface area (Å²) in [6.45, 7) is 2.92. The first-order valence-corrected chi connectivity index (χ1v) is 8.71. The minimum absolute atomic E-state index is 0.511. The predicted molar refractivity (Wildman–Crippen MR) is 96.7 cm³/mol. The summed E-state index contributed by atoms with van der Waals surface area (Å²) in [6.07, 6.45) is 6.76. The molecule has 0 amide bonds. The van der Waals surface area contributed by atoms with Gasteiger partial charge in [-0.2, -0.15) is 0 Å². The third-order valence-corrected chi connectivity index (χ3v) is 4.51. The molecule has 5 heteroatoms. The summed E-state index contributed by atoms with van der Waals surface area (Å²) in [7, 11) is 1.81. The lowest BCUT2D eigenvalue weighted by Gasteiger charge is -2.28. The van der Waals surface area contributed by atoms with Gasteiger partial charge in [0.05, 0.1) is 12.2 Å². The highest BCUT2D eigenvalue weighted by atomic mass is 16.3. The minimum Gasteiger partial charge on any atom is -0.444 e. The number of hydrogen-bond donors (Lipinski definition) is 2. The molecule has 0 spiro atoms. The van der Waals surface area contributed by atoms with E-state index in [0.29, 0.717) is 18.5 Å². The van der Waals surface area contributed by atoms with Crippen molar-refractivity contribution >= 4 is 5.96 Å². The van der Waals surface area contributed by atoms with Crippen LogP contribution >= 0.6 is 0 Å². The van der Waals surface area contributed by atoms with Crippen molar-refractivity contribution in [3.05, 3.63) is 42.3 Å². The van der Waals surface area contributed by atoms with E-state index < -0.39 is 0 Å². The van der Waals surface area contributed by atoms with E-state index in [9.17, 15) is 0 Å². The number of oxazole rings is 1. The first-order chi connectivity index (χ1) is 11.7. The molecule has 3 rings (SSSR count). The fourth-order valence-corrected chi connectivity index (χ4v) is 3.23. The summed E-state index contributed by atoms with van der Waals surface area (Å²) >= 11 is 0. The number of nitrogens with one attached hydrogen (secondary N) is 2. The average Bonchev–Trinajstić information content (AvgIpc) is 3.08. The van der Waals surface area contributed by atoms with Gasteiger partial charge in [-0.25, -0.2) is 4.98 Å². The molecule has 1 aliphatic rings. The van der Waals surface area contributed by atoms with Crippen LogP contribution in [0.25, 0.3) is 11.5 Å². The van der Waals surface area contributed by atoms with Crippen molar-refractivity contribution in [2.75, 3.05) is 7.05 Å². The van der Waals surface area contributed by atoms with E-state index in [1.54, 1.807) is 13.3 Å². The Hall–Kier alpha value is -2.30. The van der Waals surface area contributed by atoms with Gasteiger partial charge in [0.15, 0.2) is 5.96 Å². The molecule has 1 saturated carbocycles. The van der Waals surface area contributed by atoms with Crippen LogP contribution in [-0.2, 0) is 6.54 Å². The van der Waals surface area contributed by atoms with Crippen LogP contribution in [0.15, 0.2) is 46.0 Å². The van der Waals surface area contributed by atoms with E-state index in [-0.39, 0.29) is 0 Å². The van der Waals surface area contributed by atoms with Crippen molar-refractivity contribution in [3.8, 4) is 11.5 Å². The second-order valence-corrected chi connectivity index (χ2v) is 6.55. The molecule has 1 fully saturated rings. The monoisotopic (exact) mass is 326 g/mol. The molecule has 1 aromatic carbocycles. The van der Waals surface area contributed by atoms with Gasteiger partial charge in [-0.1, -0.05) is 38.0 Å². The smallest absolute Gasteiger partial charge is 0.226 e. The van der Waals surface area contributed by atoms with Crippen LogP contribution in [0.5, 0.6) is 0 Å². The molecule has 1 aromatic heterocycles. The number of guanidine groups is 1. The molecule has 1 aliphatic carbocycles.